The number of β-amino-alcohol motifs (C(OH)–C–C–N with tert-alkyl or cyclic N) is 1. The maximum absolute atomic E-state index is 12.9. The van der Waals surface area contributed by atoms with E-state index in [1.807, 2.05) is 29.2 Å². The van der Waals surface area contributed by atoms with Gasteiger partial charge in [0.2, 0.25) is 10.0 Å². The number of hydrogen-bond donors (Lipinski definition) is 4. The highest BCUT2D eigenvalue weighted by Crippen LogP contribution is 2.41. The summed E-state index contributed by atoms with van der Waals surface area (Å²) in [6, 6.07) is 13.9. The number of fused-ring (bicyclic) bond motifs is 1. The molecule has 0 aromatic heterocycles. The van der Waals surface area contributed by atoms with Gasteiger partial charge in [-0.05, 0) is 42.7 Å². The summed E-state index contributed by atoms with van der Waals surface area (Å²) in [5.74, 6) is 0.930. The zero-order valence-corrected chi connectivity index (χ0v) is 19.9. The normalized spacial score (nSPS) is 30.1. The van der Waals surface area contributed by atoms with Gasteiger partial charge in [0.1, 0.15) is 16.4 Å². The third kappa shape index (κ3) is 5.70. The minimum absolute atomic E-state index is 0.00731. The number of aliphatic hydroxyl groups is 3. The molecular weight excluding hydrogens is 460 g/mol. The van der Waals surface area contributed by atoms with Gasteiger partial charge >= 0.3 is 0 Å². The molecule has 186 valence electrons. The maximum Gasteiger partial charge on any atom is 0.244 e. The van der Waals surface area contributed by atoms with E-state index in [9.17, 15) is 23.7 Å². The lowest BCUT2D eigenvalue weighted by Gasteiger charge is -2.37. The van der Waals surface area contributed by atoms with Crippen molar-refractivity contribution in [1.82, 2.24) is 9.62 Å². The summed E-state index contributed by atoms with van der Waals surface area (Å²) < 4.78 is 39.5. The van der Waals surface area contributed by atoms with E-state index in [1.165, 1.54) is 6.07 Å². The molecular formula is C24H32N2O7S. The fourth-order valence-electron chi connectivity index (χ4n) is 4.85. The Hall–Kier alpha value is -2.21. The predicted molar refractivity (Wildman–Crippen MR) is 125 cm³/mol. The molecule has 2 aliphatic rings. The van der Waals surface area contributed by atoms with Crippen molar-refractivity contribution < 1.29 is 33.2 Å². The first-order valence-corrected chi connectivity index (χ1v) is 12.8. The Morgan fingerprint density at radius 3 is 2.44 bits per heavy atom. The number of para-hydroxylation sites is 1. The molecule has 4 rings (SSSR count). The van der Waals surface area contributed by atoms with Crippen LogP contribution >= 0.6 is 0 Å². The van der Waals surface area contributed by atoms with Crippen molar-refractivity contribution in [3.05, 3.63) is 54.1 Å². The molecule has 0 bridgehead atoms. The molecule has 0 radical (unpaired) electrons. The SMILES string of the molecule is COc1ccc(CN2C[C@@H](O)CNS(=O)(=O)c3ccccc3OCC3(C[C@@H](O)[C@@H](O)C3)C2)cc1. The van der Waals surface area contributed by atoms with Gasteiger partial charge in [-0.1, -0.05) is 24.3 Å². The van der Waals surface area contributed by atoms with E-state index in [0.29, 0.717) is 25.9 Å². The average molecular weight is 493 g/mol. The number of rotatable bonds is 3. The van der Waals surface area contributed by atoms with Gasteiger partial charge in [-0.25, -0.2) is 13.1 Å². The van der Waals surface area contributed by atoms with Crippen molar-refractivity contribution in [3.63, 3.8) is 0 Å². The van der Waals surface area contributed by atoms with Gasteiger partial charge in [-0.3, -0.25) is 4.90 Å². The monoisotopic (exact) mass is 492 g/mol. The van der Waals surface area contributed by atoms with Gasteiger partial charge in [0, 0.05) is 31.6 Å². The van der Waals surface area contributed by atoms with E-state index in [-0.39, 0.29) is 30.3 Å². The Morgan fingerprint density at radius 2 is 1.76 bits per heavy atom. The zero-order valence-electron chi connectivity index (χ0n) is 19.1. The third-order valence-corrected chi connectivity index (χ3v) is 7.97. The number of ether oxygens (including phenoxy) is 2. The van der Waals surface area contributed by atoms with Crippen LogP contribution in [0, 0.1) is 5.41 Å². The number of hydrogen-bond acceptors (Lipinski definition) is 8. The molecule has 34 heavy (non-hydrogen) atoms. The largest absolute Gasteiger partial charge is 0.497 e. The highest BCUT2D eigenvalue weighted by molar-refractivity contribution is 7.89. The van der Waals surface area contributed by atoms with Crippen LogP contribution in [0.25, 0.3) is 0 Å². The first-order valence-electron chi connectivity index (χ1n) is 11.3. The first-order chi connectivity index (χ1) is 16.2. The van der Waals surface area contributed by atoms with E-state index in [1.54, 1.807) is 25.3 Å². The molecule has 1 aliphatic heterocycles. The van der Waals surface area contributed by atoms with Gasteiger partial charge in [0.15, 0.2) is 0 Å². The molecule has 1 aliphatic carbocycles. The van der Waals surface area contributed by atoms with Crippen molar-refractivity contribution in [1.29, 1.82) is 0 Å². The molecule has 1 spiro atoms. The molecule has 2 aromatic carbocycles. The quantitative estimate of drug-likeness (QED) is 0.494. The molecule has 4 atom stereocenters. The van der Waals surface area contributed by atoms with Crippen LogP contribution in [0.1, 0.15) is 18.4 Å². The Morgan fingerprint density at radius 1 is 1.09 bits per heavy atom. The number of sulfonamides is 1. The molecule has 1 unspecified atom stereocenters. The molecule has 10 heteroatoms. The second-order valence-electron chi connectivity index (χ2n) is 9.30. The molecule has 1 saturated carbocycles. The van der Waals surface area contributed by atoms with E-state index in [2.05, 4.69) is 4.72 Å². The number of benzene rings is 2. The van der Waals surface area contributed by atoms with Crippen LogP contribution in [0.4, 0.5) is 0 Å². The number of nitrogens with zero attached hydrogens (tertiary/aromatic N) is 1. The number of aliphatic hydroxyl groups excluding tert-OH is 3. The van der Waals surface area contributed by atoms with Crippen LogP contribution in [0.15, 0.2) is 53.4 Å². The third-order valence-electron chi connectivity index (χ3n) is 6.50. The summed E-state index contributed by atoms with van der Waals surface area (Å²) >= 11 is 0. The molecule has 2 aromatic rings. The van der Waals surface area contributed by atoms with Crippen molar-refractivity contribution in [2.24, 2.45) is 5.41 Å². The molecule has 1 fully saturated rings. The summed E-state index contributed by atoms with van der Waals surface area (Å²) in [6.07, 6.45) is -2.16. The lowest BCUT2D eigenvalue weighted by atomic mass is 9.85. The minimum atomic E-state index is -3.91. The van der Waals surface area contributed by atoms with E-state index >= 15 is 0 Å². The first kappa shape index (κ1) is 24.9. The Labute approximate surface area is 200 Å². The van der Waals surface area contributed by atoms with E-state index in [0.717, 1.165) is 11.3 Å². The predicted octanol–water partition coefficient (Wildman–Crippen LogP) is 0.731. The molecule has 0 saturated heterocycles. The van der Waals surface area contributed by atoms with E-state index < -0.39 is 33.8 Å². The van der Waals surface area contributed by atoms with Crippen LogP contribution in [0.3, 0.4) is 0 Å². The summed E-state index contributed by atoms with van der Waals surface area (Å²) in [7, 11) is -2.31. The smallest absolute Gasteiger partial charge is 0.244 e. The summed E-state index contributed by atoms with van der Waals surface area (Å²) in [5.41, 5.74) is 0.357. The minimum Gasteiger partial charge on any atom is -0.497 e. The van der Waals surface area contributed by atoms with Gasteiger partial charge in [-0.2, -0.15) is 0 Å². The van der Waals surface area contributed by atoms with Crippen molar-refractivity contribution in [2.45, 2.75) is 42.6 Å². The van der Waals surface area contributed by atoms with Gasteiger partial charge in [-0.15, -0.1) is 0 Å². The molecule has 4 N–H and O–H groups in total. The Kier molecular flexibility index (Phi) is 7.46. The van der Waals surface area contributed by atoms with Crippen molar-refractivity contribution in [3.8, 4) is 11.5 Å². The van der Waals surface area contributed by atoms with Crippen LogP contribution in [0.5, 0.6) is 11.5 Å². The summed E-state index contributed by atoms with van der Waals surface area (Å²) in [5, 5.41) is 31.5. The van der Waals surface area contributed by atoms with Crippen LogP contribution in [-0.4, -0.2) is 80.3 Å². The van der Waals surface area contributed by atoms with Gasteiger partial charge in [0.25, 0.3) is 0 Å². The summed E-state index contributed by atoms with van der Waals surface area (Å²) in [6.45, 7) is 1.08. The van der Waals surface area contributed by atoms with Crippen LogP contribution in [-0.2, 0) is 16.6 Å². The van der Waals surface area contributed by atoms with Crippen LogP contribution < -0.4 is 14.2 Å². The molecule has 0 amide bonds. The Balaban J connectivity index is 1.66. The highest BCUT2D eigenvalue weighted by atomic mass is 32.2. The standard InChI is InChI=1S/C24H32N2O7S/c1-32-19-8-6-17(7-9-19)13-26-14-18(27)12-25-34(30,31)23-5-3-2-4-22(23)33-16-24(15-26)10-20(28)21(29)11-24/h2-9,18,20-21,25,27-29H,10-16H2,1H3/t18-,20-,21+,24?/m0/s1. The van der Waals surface area contributed by atoms with Gasteiger partial charge in [0.05, 0.1) is 32.0 Å². The highest BCUT2D eigenvalue weighted by Gasteiger charge is 2.46. The van der Waals surface area contributed by atoms with Crippen molar-refractivity contribution in [2.75, 3.05) is 33.4 Å². The van der Waals surface area contributed by atoms with E-state index in [4.69, 9.17) is 9.47 Å². The molecule has 1 heterocycles. The van der Waals surface area contributed by atoms with Crippen LogP contribution in [0.2, 0.25) is 0 Å². The second-order valence-corrected chi connectivity index (χ2v) is 11.0. The fraction of sp³-hybridized carbons (Fsp3) is 0.500. The topological polar surface area (TPSA) is 129 Å². The maximum atomic E-state index is 12.9. The van der Waals surface area contributed by atoms with Gasteiger partial charge < -0.3 is 24.8 Å². The van der Waals surface area contributed by atoms with Crippen molar-refractivity contribution >= 4 is 10.0 Å². The summed E-state index contributed by atoms with van der Waals surface area (Å²) in [4.78, 5) is 2.01. The average Bonchev–Trinajstić information content (AvgIpc) is 3.09. The second kappa shape index (κ2) is 10.2. The number of nitrogens with one attached hydrogen (secondary N) is 1. The molecule has 9 nitrogen and oxygen atoms in total. The Bertz CT molecular complexity index is 1070. The fourth-order valence-corrected chi connectivity index (χ4v) is 6.07. The lowest BCUT2D eigenvalue weighted by Crippen LogP contribution is -2.46. The lowest BCUT2D eigenvalue weighted by molar-refractivity contribution is 0.0427. The zero-order chi connectivity index (χ0) is 24.3. The number of methoxy groups -OCH3 is 1.